The van der Waals surface area contributed by atoms with E-state index in [4.69, 9.17) is 22.7 Å². The molecule has 0 spiro atoms. The Balaban J connectivity index is 1.51. The number of hydrogen-bond acceptors (Lipinski definition) is 5. The van der Waals surface area contributed by atoms with Crippen LogP contribution in [0.25, 0.3) is 0 Å². The van der Waals surface area contributed by atoms with Crippen molar-refractivity contribution in [3.05, 3.63) is 46.7 Å². The minimum absolute atomic E-state index is 0.0345. The SMILES string of the molecule is Cc1c(C(=O)CCN2CCN(c3cccc(Cl)c3)CC2)cnn1C(=N)N. The number of piperazine rings is 1. The summed E-state index contributed by atoms with van der Waals surface area (Å²) in [5.41, 5.74) is 7.74. The number of aromatic nitrogens is 2. The molecule has 2 heterocycles. The molecule has 8 heteroatoms. The van der Waals surface area contributed by atoms with Gasteiger partial charge < -0.3 is 10.6 Å². The average molecular weight is 375 g/mol. The summed E-state index contributed by atoms with van der Waals surface area (Å²) in [7, 11) is 0. The van der Waals surface area contributed by atoms with Crippen molar-refractivity contribution in [2.45, 2.75) is 13.3 Å². The van der Waals surface area contributed by atoms with E-state index in [0.29, 0.717) is 24.2 Å². The van der Waals surface area contributed by atoms with E-state index in [2.05, 4.69) is 21.0 Å². The molecule has 1 aliphatic rings. The van der Waals surface area contributed by atoms with E-state index in [9.17, 15) is 4.79 Å². The summed E-state index contributed by atoms with van der Waals surface area (Å²) >= 11 is 6.07. The number of anilines is 1. The predicted octanol–water partition coefficient (Wildman–Crippen LogP) is 1.98. The standard InChI is InChI=1S/C18H23ClN6O/c1-13-16(12-22-25(13)18(20)21)17(26)5-6-23-7-9-24(10-8-23)15-4-2-3-14(19)11-15/h2-4,11-12H,5-10H2,1H3,(H3,20,21). The van der Waals surface area contributed by atoms with Gasteiger partial charge in [0.15, 0.2) is 5.78 Å². The van der Waals surface area contributed by atoms with Crippen molar-refractivity contribution >= 4 is 29.0 Å². The Hall–Kier alpha value is -2.38. The molecule has 1 aliphatic heterocycles. The molecule has 1 saturated heterocycles. The van der Waals surface area contributed by atoms with Crippen LogP contribution in [-0.2, 0) is 0 Å². The molecule has 0 amide bonds. The van der Waals surface area contributed by atoms with Gasteiger partial charge in [0, 0.05) is 49.9 Å². The number of nitrogens with two attached hydrogens (primary N) is 1. The topological polar surface area (TPSA) is 91.2 Å². The first-order valence-electron chi connectivity index (χ1n) is 8.61. The van der Waals surface area contributed by atoms with Crippen molar-refractivity contribution in [2.24, 2.45) is 5.73 Å². The van der Waals surface area contributed by atoms with Gasteiger partial charge in [-0.1, -0.05) is 17.7 Å². The van der Waals surface area contributed by atoms with Gasteiger partial charge >= 0.3 is 0 Å². The molecule has 0 saturated carbocycles. The van der Waals surface area contributed by atoms with Crippen molar-refractivity contribution in [3.8, 4) is 0 Å². The van der Waals surface area contributed by atoms with Gasteiger partial charge in [-0.15, -0.1) is 0 Å². The fourth-order valence-electron chi connectivity index (χ4n) is 3.22. The van der Waals surface area contributed by atoms with Crippen LogP contribution in [-0.4, -0.2) is 59.1 Å². The lowest BCUT2D eigenvalue weighted by molar-refractivity contribution is 0.0962. The number of rotatable bonds is 5. The van der Waals surface area contributed by atoms with Gasteiger partial charge in [0.05, 0.1) is 17.5 Å². The lowest BCUT2D eigenvalue weighted by Crippen LogP contribution is -2.46. The van der Waals surface area contributed by atoms with Crippen LogP contribution in [0.2, 0.25) is 5.02 Å². The fourth-order valence-corrected chi connectivity index (χ4v) is 3.41. The van der Waals surface area contributed by atoms with Crippen LogP contribution in [0.15, 0.2) is 30.5 Å². The first kappa shape index (κ1) is 18.4. The smallest absolute Gasteiger partial charge is 0.213 e. The zero-order valence-electron chi connectivity index (χ0n) is 14.8. The van der Waals surface area contributed by atoms with Crippen molar-refractivity contribution in [1.29, 1.82) is 5.41 Å². The molecule has 7 nitrogen and oxygen atoms in total. The molecule has 0 unspecified atom stereocenters. The highest BCUT2D eigenvalue weighted by Crippen LogP contribution is 2.21. The van der Waals surface area contributed by atoms with E-state index in [-0.39, 0.29) is 11.7 Å². The maximum atomic E-state index is 12.5. The third-order valence-corrected chi connectivity index (χ3v) is 4.97. The quantitative estimate of drug-likeness (QED) is 0.474. The molecule has 0 aliphatic carbocycles. The van der Waals surface area contributed by atoms with Crippen molar-refractivity contribution in [1.82, 2.24) is 14.7 Å². The maximum Gasteiger partial charge on any atom is 0.213 e. The van der Waals surface area contributed by atoms with Crippen molar-refractivity contribution in [2.75, 3.05) is 37.6 Å². The minimum atomic E-state index is -0.182. The number of nitrogen functional groups attached to an aromatic ring is 1. The van der Waals surface area contributed by atoms with Crippen LogP contribution in [0.3, 0.4) is 0 Å². The highest BCUT2D eigenvalue weighted by molar-refractivity contribution is 6.30. The number of ketones is 1. The zero-order chi connectivity index (χ0) is 18.7. The molecule has 3 rings (SSSR count). The van der Waals surface area contributed by atoms with Gasteiger partial charge in [0.25, 0.3) is 0 Å². The third kappa shape index (κ3) is 4.05. The molecule has 26 heavy (non-hydrogen) atoms. The van der Waals surface area contributed by atoms with Crippen LogP contribution >= 0.6 is 11.6 Å². The van der Waals surface area contributed by atoms with E-state index < -0.39 is 0 Å². The van der Waals surface area contributed by atoms with Crippen LogP contribution < -0.4 is 10.6 Å². The zero-order valence-corrected chi connectivity index (χ0v) is 15.5. The van der Waals surface area contributed by atoms with Gasteiger partial charge in [-0.05, 0) is 25.1 Å². The fraction of sp³-hybridized carbons (Fsp3) is 0.389. The summed E-state index contributed by atoms with van der Waals surface area (Å²) in [5.74, 6) is -0.147. The summed E-state index contributed by atoms with van der Waals surface area (Å²) in [6, 6.07) is 7.89. The van der Waals surface area contributed by atoms with Crippen LogP contribution in [0.1, 0.15) is 22.5 Å². The highest BCUT2D eigenvalue weighted by Gasteiger charge is 2.20. The number of benzene rings is 1. The molecular weight excluding hydrogens is 352 g/mol. The Morgan fingerprint density at radius 2 is 2.04 bits per heavy atom. The largest absolute Gasteiger partial charge is 0.369 e. The minimum Gasteiger partial charge on any atom is -0.369 e. The van der Waals surface area contributed by atoms with Crippen LogP contribution in [0.5, 0.6) is 0 Å². The molecule has 138 valence electrons. The lowest BCUT2D eigenvalue weighted by Gasteiger charge is -2.36. The number of nitrogens with one attached hydrogen (secondary N) is 1. The summed E-state index contributed by atoms with van der Waals surface area (Å²) in [5, 5.41) is 12.2. The van der Waals surface area contributed by atoms with E-state index in [1.165, 1.54) is 10.9 Å². The normalized spacial score (nSPS) is 15.2. The van der Waals surface area contributed by atoms with Gasteiger partial charge in [-0.3, -0.25) is 15.1 Å². The Morgan fingerprint density at radius 1 is 1.31 bits per heavy atom. The molecule has 0 atom stereocenters. The summed E-state index contributed by atoms with van der Waals surface area (Å²) < 4.78 is 1.27. The molecular formula is C18H23ClN6O. The second kappa shape index (κ2) is 7.88. The van der Waals surface area contributed by atoms with E-state index in [1.54, 1.807) is 6.92 Å². The summed E-state index contributed by atoms with van der Waals surface area (Å²) in [6.07, 6.45) is 1.93. The first-order chi connectivity index (χ1) is 12.5. The molecule has 2 aromatic rings. The number of carbonyl (C=O) groups is 1. The molecule has 1 aromatic heterocycles. The lowest BCUT2D eigenvalue weighted by atomic mass is 10.1. The van der Waals surface area contributed by atoms with Gasteiger partial charge in [0.2, 0.25) is 5.96 Å². The Bertz CT molecular complexity index is 810. The second-order valence-corrected chi connectivity index (χ2v) is 6.86. The van der Waals surface area contributed by atoms with Crippen LogP contribution in [0.4, 0.5) is 5.69 Å². The van der Waals surface area contributed by atoms with Gasteiger partial charge in [0.1, 0.15) is 0 Å². The molecule has 1 fully saturated rings. The monoisotopic (exact) mass is 374 g/mol. The van der Waals surface area contributed by atoms with E-state index in [1.807, 2.05) is 18.2 Å². The Morgan fingerprint density at radius 3 is 2.65 bits per heavy atom. The van der Waals surface area contributed by atoms with Crippen molar-refractivity contribution in [3.63, 3.8) is 0 Å². The van der Waals surface area contributed by atoms with Gasteiger partial charge in [-0.25, -0.2) is 4.68 Å². The number of halogens is 1. The number of nitrogens with zero attached hydrogens (tertiary/aromatic N) is 4. The third-order valence-electron chi connectivity index (χ3n) is 4.74. The predicted molar refractivity (Wildman–Crippen MR) is 103 cm³/mol. The Labute approximate surface area is 157 Å². The maximum absolute atomic E-state index is 12.5. The molecule has 3 N–H and O–H groups in total. The summed E-state index contributed by atoms with van der Waals surface area (Å²) in [6.45, 7) is 6.11. The number of Topliss-reactive ketones (excluding diaryl/α,β-unsaturated/α-hetero) is 1. The summed E-state index contributed by atoms with van der Waals surface area (Å²) in [4.78, 5) is 17.1. The van der Waals surface area contributed by atoms with Gasteiger partial charge in [-0.2, -0.15) is 5.10 Å². The van der Waals surface area contributed by atoms with Crippen molar-refractivity contribution < 1.29 is 4.79 Å². The van der Waals surface area contributed by atoms with Crippen LogP contribution in [0, 0.1) is 12.3 Å². The second-order valence-electron chi connectivity index (χ2n) is 6.42. The molecule has 1 aromatic carbocycles. The van der Waals surface area contributed by atoms with E-state index >= 15 is 0 Å². The Kier molecular flexibility index (Phi) is 5.58. The molecule has 0 bridgehead atoms. The molecule has 0 radical (unpaired) electrons. The average Bonchev–Trinajstić information content (AvgIpc) is 3.02. The highest BCUT2D eigenvalue weighted by atomic mass is 35.5. The first-order valence-corrected chi connectivity index (χ1v) is 8.98. The van der Waals surface area contributed by atoms with E-state index in [0.717, 1.165) is 36.9 Å². The number of hydrogen-bond donors (Lipinski definition) is 2. The number of carbonyl (C=O) groups excluding carboxylic acids is 1.